The van der Waals surface area contributed by atoms with Gasteiger partial charge in [-0.3, -0.25) is 4.79 Å². The first-order valence-corrected chi connectivity index (χ1v) is 11.9. The molecule has 0 aromatic carbocycles. The summed E-state index contributed by atoms with van der Waals surface area (Å²) >= 11 is 0. The number of rotatable bonds is 9. The Morgan fingerprint density at radius 1 is 1.29 bits per heavy atom. The van der Waals surface area contributed by atoms with Crippen LogP contribution in [-0.2, 0) is 14.8 Å². The highest BCUT2D eigenvalue weighted by Gasteiger charge is 2.33. The molecule has 12 heteroatoms. The van der Waals surface area contributed by atoms with Gasteiger partial charge >= 0.3 is 0 Å². The molecule has 0 bridgehead atoms. The van der Waals surface area contributed by atoms with E-state index < -0.39 is 34.9 Å². The van der Waals surface area contributed by atoms with Gasteiger partial charge in [-0.15, -0.1) is 0 Å². The van der Waals surface area contributed by atoms with Crippen molar-refractivity contribution >= 4 is 27.4 Å². The van der Waals surface area contributed by atoms with Crippen molar-refractivity contribution in [1.29, 1.82) is 0 Å². The molecule has 3 rings (SSSR count). The quantitative estimate of drug-likeness (QED) is 0.431. The van der Waals surface area contributed by atoms with Crippen molar-refractivity contribution in [1.82, 2.24) is 9.71 Å². The first kappa shape index (κ1) is 23.8. The third kappa shape index (κ3) is 5.68. The van der Waals surface area contributed by atoms with Crippen molar-refractivity contribution in [2.45, 2.75) is 61.9 Å². The molecule has 31 heavy (non-hydrogen) atoms. The Balaban J connectivity index is 1.83. The number of aliphatic hydroxyl groups excluding tert-OH is 1. The summed E-state index contributed by atoms with van der Waals surface area (Å²) in [5, 5.41) is 12.2. The second-order valence-corrected chi connectivity index (χ2v) is 9.75. The molecule has 1 aliphatic heterocycles. The van der Waals surface area contributed by atoms with Crippen molar-refractivity contribution < 1.29 is 27.1 Å². The SMILES string of the molecule is N[C@H](C(=O)Nc1cc(N2CC[C@@H]2CO)c(S(=O)(=O)NCC(F)F)cn1)C1CCCCC1. The van der Waals surface area contributed by atoms with E-state index >= 15 is 0 Å². The van der Waals surface area contributed by atoms with Crippen molar-refractivity contribution in [2.24, 2.45) is 11.7 Å². The van der Waals surface area contributed by atoms with Crippen LogP contribution in [0.4, 0.5) is 20.3 Å². The predicted molar refractivity (Wildman–Crippen MR) is 111 cm³/mol. The molecule has 2 fully saturated rings. The van der Waals surface area contributed by atoms with Crippen molar-refractivity contribution in [3.63, 3.8) is 0 Å². The van der Waals surface area contributed by atoms with Gasteiger partial charge in [-0.1, -0.05) is 19.3 Å². The first-order valence-electron chi connectivity index (χ1n) is 10.4. The summed E-state index contributed by atoms with van der Waals surface area (Å²) in [4.78, 5) is 18.0. The maximum atomic E-state index is 12.6. The summed E-state index contributed by atoms with van der Waals surface area (Å²) in [6.07, 6.45) is 3.79. The summed E-state index contributed by atoms with van der Waals surface area (Å²) in [6.45, 7) is -0.748. The number of alkyl halides is 2. The van der Waals surface area contributed by atoms with Gasteiger partial charge in [0.1, 0.15) is 10.7 Å². The maximum Gasteiger partial charge on any atom is 0.251 e. The molecule has 5 N–H and O–H groups in total. The Bertz CT molecular complexity index is 878. The van der Waals surface area contributed by atoms with Gasteiger partial charge in [0.25, 0.3) is 6.43 Å². The van der Waals surface area contributed by atoms with Crippen LogP contribution in [0.1, 0.15) is 38.5 Å². The molecule has 1 aromatic heterocycles. The number of amides is 1. The Morgan fingerprint density at radius 3 is 2.58 bits per heavy atom. The highest BCUT2D eigenvalue weighted by atomic mass is 32.2. The van der Waals surface area contributed by atoms with Crippen LogP contribution in [0, 0.1) is 5.92 Å². The summed E-state index contributed by atoms with van der Waals surface area (Å²) in [7, 11) is -4.27. The van der Waals surface area contributed by atoms with E-state index in [1.807, 2.05) is 4.72 Å². The minimum Gasteiger partial charge on any atom is -0.394 e. The van der Waals surface area contributed by atoms with Crippen LogP contribution in [0.15, 0.2) is 17.2 Å². The van der Waals surface area contributed by atoms with Crippen LogP contribution in [-0.4, -0.2) is 62.6 Å². The number of halogens is 2. The lowest BCUT2D eigenvalue weighted by Crippen LogP contribution is -2.50. The van der Waals surface area contributed by atoms with Crippen LogP contribution in [0.5, 0.6) is 0 Å². The van der Waals surface area contributed by atoms with E-state index in [1.54, 1.807) is 4.90 Å². The lowest BCUT2D eigenvalue weighted by Gasteiger charge is -2.42. The number of nitrogens with two attached hydrogens (primary N) is 1. The molecule has 1 amide bonds. The zero-order valence-electron chi connectivity index (χ0n) is 17.1. The van der Waals surface area contributed by atoms with E-state index in [-0.39, 0.29) is 35.0 Å². The van der Waals surface area contributed by atoms with Crippen LogP contribution in [0.25, 0.3) is 0 Å². The average Bonchev–Trinajstić information content (AvgIpc) is 2.72. The van der Waals surface area contributed by atoms with E-state index in [4.69, 9.17) is 5.73 Å². The Hall–Kier alpha value is -1.89. The topological polar surface area (TPSA) is 138 Å². The summed E-state index contributed by atoms with van der Waals surface area (Å²) in [5.74, 6) is -0.206. The molecule has 0 spiro atoms. The third-order valence-corrected chi connectivity index (χ3v) is 7.38. The maximum absolute atomic E-state index is 12.6. The van der Waals surface area contributed by atoms with Gasteiger partial charge in [-0.05, 0) is 25.2 Å². The number of hydrogen-bond acceptors (Lipinski definition) is 7. The van der Waals surface area contributed by atoms with Crippen LogP contribution < -0.4 is 20.7 Å². The third-order valence-electron chi connectivity index (χ3n) is 5.94. The molecule has 2 atom stereocenters. The Labute approximate surface area is 180 Å². The highest BCUT2D eigenvalue weighted by molar-refractivity contribution is 7.89. The highest BCUT2D eigenvalue weighted by Crippen LogP contribution is 2.34. The van der Waals surface area contributed by atoms with E-state index in [1.165, 1.54) is 6.07 Å². The molecule has 1 saturated heterocycles. The van der Waals surface area contributed by atoms with E-state index in [9.17, 15) is 27.1 Å². The van der Waals surface area contributed by atoms with Gasteiger partial charge in [0.2, 0.25) is 15.9 Å². The lowest BCUT2D eigenvalue weighted by molar-refractivity contribution is -0.118. The molecule has 1 aromatic rings. The van der Waals surface area contributed by atoms with Crippen molar-refractivity contribution in [2.75, 3.05) is 29.9 Å². The monoisotopic (exact) mass is 461 g/mol. The Kier molecular flexibility index (Phi) is 7.78. The van der Waals surface area contributed by atoms with E-state index in [2.05, 4.69) is 10.3 Å². The first-order chi connectivity index (χ1) is 14.7. The fourth-order valence-electron chi connectivity index (χ4n) is 4.05. The number of carbonyl (C=O) groups is 1. The summed E-state index contributed by atoms with van der Waals surface area (Å²) in [6, 6.07) is 0.375. The average molecular weight is 462 g/mol. The van der Waals surface area contributed by atoms with E-state index in [0.29, 0.717) is 13.0 Å². The number of aromatic nitrogens is 1. The molecule has 0 unspecified atom stereocenters. The van der Waals surface area contributed by atoms with Crippen molar-refractivity contribution in [3.8, 4) is 0 Å². The van der Waals surface area contributed by atoms with Crippen molar-refractivity contribution in [3.05, 3.63) is 12.3 Å². The van der Waals surface area contributed by atoms with Gasteiger partial charge in [0.15, 0.2) is 0 Å². The second kappa shape index (κ2) is 10.2. The minimum atomic E-state index is -4.27. The second-order valence-electron chi connectivity index (χ2n) is 8.01. The Morgan fingerprint density at radius 2 is 2.00 bits per heavy atom. The number of aliphatic hydroxyl groups is 1. The molecule has 1 saturated carbocycles. The fourth-order valence-corrected chi connectivity index (χ4v) is 5.19. The largest absolute Gasteiger partial charge is 0.394 e. The normalized spacial score (nSPS) is 21.1. The zero-order chi connectivity index (χ0) is 22.6. The molecule has 2 aliphatic rings. The number of carbonyl (C=O) groups excluding carboxylic acids is 1. The lowest BCUT2D eigenvalue weighted by atomic mass is 9.84. The van der Waals surface area contributed by atoms with Gasteiger partial charge in [-0.2, -0.15) is 0 Å². The number of sulfonamides is 1. The standard InChI is InChI=1S/C19H29F2N5O4S/c20-16(21)10-24-31(29,30)15-9-23-17(8-14(15)26-7-6-13(26)11-27)25-19(28)18(22)12-4-2-1-3-5-12/h8-9,12-13,16,18,24,27H,1-7,10-11,22H2,(H,23,25,28)/t13-,18+/m1/s1. The molecule has 2 heterocycles. The molecular weight excluding hydrogens is 432 g/mol. The number of hydrogen-bond donors (Lipinski definition) is 4. The van der Waals surface area contributed by atoms with Crippen LogP contribution in [0.3, 0.4) is 0 Å². The summed E-state index contributed by atoms with van der Waals surface area (Å²) in [5.41, 5.74) is 6.31. The number of pyridine rings is 1. The number of anilines is 2. The van der Waals surface area contributed by atoms with Gasteiger partial charge in [0.05, 0.1) is 37.1 Å². The molecular formula is C19H29F2N5O4S. The van der Waals surface area contributed by atoms with Gasteiger partial charge in [-0.25, -0.2) is 26.9 Å². The molecule has 174 valence electrons. The van der Waals surface area contributed by atoms with Gasteiger partial charge in [0, 0.05) is 12.6 Å². The molecule has 9 nitrogen and oxygen atoms in total. The molecule has 1 aliphatic carbocycles. The van der Waals surface area contributed by atoms with Crippen LogP contribution >= 0.6 is 0 Å². The number of nitrogens with one attached hydrogen (secondary N) is 2. The van der Waals surface area contributed by atoms with Crippen LogP contribution in [0.2, 0.25) is 0 Å². The van der Waals surface area contributed by atoms with Gasteiger partial charge < -0.3 is 21.1 Å². The predicted octanol–water partition coefficient (Wildman–Crippen LogP) is 1.04. The fraction of sp³-hybridized carbons (Fsp3) is 0.684. The van der Waals surface area contributed by atoms with E-state index in [0.717, 1.165) is 38.3 Å². The zero-order valence-corrected chi connectivity index (χ0v) is 18.0. The number of nitrogens with zero attached hydrogens (tertiary/aromatic N) is 2. The molecule has 0 radical (unpaired) electrons. The smallest absolute Gasteiger partial charge is 0.251 e. The summed E-state index contributed by atoms with van der Waals surface area (Å²) < 4.78 is 52.0. The minimum absolute atomic E-state index is 0.0839.